The molecule has 2 rings (SSSR count). The van der Waals surface area contributed by atoms with Crippen molar-refractivity contribution in [3.63, 3.8) is 0 Å². The number of rotatable bonds is 7. The number of benzene rings is 2. The quantitative estimate of drug-likeness (QED) is 0.314. The second-order valence-electron chi connectivity index (χ2n) is 7.11. The van der Waals surface area contributed by atoms with Gasteiger partial charge in [0.15, 0.2) is 11.0 Å². The first-order valence-corrected chi connectivity index (χ1v) is 11.0. The van der Waals surface area contributed by atoms with Gasteiger partial charge in [-0.05, 0) is 49.7 Å². The van der Waals surface area contributed by atoms with E-state index in [2.05, 4.69) is 0 Å². The highest BCUT2D eigenvalue weighted by molar-refractivity contribution is 7.90. The molecule has 0 spiro atoms. The molecule has 2 aromatic rings. The number of aryl methyl sites for hydroxylation is 2. The Balaban J connectivity index is 2.73. The molecule has 1 atom stereocenters. The van der Waals surface area contributed by atoms with E-state index < -0.39 is 48.0 Å². The van der Waals surface area contributed by atoms with Crippen molar-refractivity contribution in [2.75, 3.05) is 6.16 Å². The van der Waals surface area contributed by atoms with Crippen molar-refractivity contribution in [2.45, 2.75) is 46.0 Å². The van der Waals surface area contributed by atoms with Crippen molar-refractivity contribution < 1.29 is 35.9 Å². The largest absolute Gasteiger partial charge is 0.417 e. The maximum absolute atomic E-state index is 13.5. The van der Waals surface area contributed by atoms with Crippen molar-refractivity contribution in [2.24, 2.45) is 0 Å². The van der Waals surface area contributed by atoms with Crippen LogP contribution in [0.15, 0.2) is 36.4 Å². The SMILES string of the molecule is CCCCP(C(=O)c1c(C)cccc1C)C(=O)c1c(C(F)(F)F)cccc1C(F)(F)F. The molecule has 2 nitrogen and oxygen atoms in total. The molecule has 0 aliphatic rings. The van der Waals surface area contributed by atoms with E-state index in [0.29, 0.717) is 42.2 Å². The second kappa shape index (κ2) is 9.51. The van der Waals surface area contributed by atoms with Crippen LogP contribution in [-0.2, 0) is 12.4 Å². The Morgan fingerprint density at radius 3 is 1.61 bits per heavy atom. The Bertz CT molecular complexity index is 926. The Kier molecular flexibility index (Phi) is 7.69. The van der Waals surface area contributed by atoms with Gasteiger partial charge in [0.2, 0.25) is 0 Å². The van der Waals surface area contributed by atoms with Crippen LogP contribution in [0, 0.1) is 13.8 Å². The van der Waals surface area contributed by atoms with Gasteiger partial charge in [0, 0.05) is 19.0 Å². The lowest BCUT2D eigenvalue weighted by Crippen LogP contribution is -2.21. The topological polar surface area (TPSA) is 34.1 Å². The van der Waals surface area contributed by atoms with Gasteiger partial charge in [-0.1, -0.05) is 37.6 Å². The molecule has 0 N–H and O–H groups in total. The molecule has 0 heterocycles. The summed E-state index contributed by atoms with van der Waals surface area (Å²) in [6.07, 6.45) is -9.59. The fourth-order valence-corrected chi connectivity index (χ4v) is 5.64. The van der Waals surface area contributed by atoms with Crippen LogP contribution in [0.5, 0.6) is 0 Å². The monoisotopic (exact) mass is 462 g/mol. The van der Waals surface area contributed by atoms with Gasteiger partial charge in [-0.25, -0.2) is 0 Å². The fraction of sp³-hybridized carbons (Fsp3) is 0.364. The smallest absolute Gasteiger partial charge is 0.289 e. The Morgan fingerprint density at radius 1 is 0.774 bits per heavy atom. The van der Waals surface area contributed by atoms with Gasteiger partial charge in [0.1, 0.15) is 0 Å². The zero-order chi connectivity index (χ0) is 23.6. The first-order valence-electron chi connectivity index (χ1n) is 9.50. The van der Waals surface area contributed by atoms with E-state index >= 15 is 0 Å². The summed E-state index contributed by atoms with van der Waals surface area (Å²) in [7, 11) is -2.48. The number of hydrogen-bond donors (Lipinski definition) is 0. The molecule has 0 aromatic heterocycles. The molecular weight excluding hydrogens is 441 g/mol. The third-order valence-corrected chi connectivity index (χ3v) is 7.00. The van der Waals surface area contributed by atoms with Crippen LogP contribution >= 0.6 is 7.92 Å². The van der Waals surface area contributed by atoms with Crippen molar-refractivity contribution in [3.8, 4) is 0 Å². The van der Waals surface area contributed by atoms with Gasteiger partial charge in [-0.3, -0.25) is 9.59 Å². The number of halogens is 6. The number of carbonyl (C=O) groups is 2. The molecule has 2 aromatic carbocycles. The van der Waals surface area contributed by atoms with Gasteiger partial charge in [-0.15, -0.1) is 0 Å². The van der Waals surface area contributed by atoms with Gasteiger partial charge >= 0.3 is 12.4 Å². The minimum Gasteiger partial charge on any atom is -0.289 e. The molecule has 0 aliphatic carbocycles. The summed E-state index contributed by atoms with van der Waals surface area (Å²) < 4.78 is 81.3. The number of alkyl halides is 6. The highest BCUT2D eigenvalue weighted by atomic mass is 31.1. The molecule has 31 heavy (non-hydrogen) atoms. The van der Waals surface area contributed by atoms with E-state index in [-0.39, 0.29) is 11.7 Å². The summed E-state index contributed by atoms with van der Waals surface area (Å²) in [6.45, 7) is 4.98. The van der Waals surface area contributed by atoms with Crippen LogP contribution in [0.2, 0.25) is 0 Å². The maximum Gasteiger partial charge on any atom is 0.417 e. The van der Waals surface area contributed by atoms with E-state index in [1.54, 1.807) is 39.0 Å². The molecule has 0 bridgehead atoms. The summed E-state index contributed by atoms with van der Waals surface area (Å²) in [6, 6.07) is 6.41. The van der Waals surface area contributed by atoms with Crippen molar-refractivity contribution >= 4 is 19.0 Å². The predicted molar refractivity (Wildman–Crippen MR) is 108 cm³/mol. The van der Waals surface area contributed by atoms with E-state index in [9.17, 15) is 35.9 Å². The lowest BCUT2D eigenvalue weighted by Gasteiger charge is -2.22. The van der Waals surface area contributed by atoms with Crippen molar-refractivity contribution in [3.05, 3.63) is 69.8 Å². The summed E-state index contributed by atoms with van der Waals surface area (Å²) in [5, 5.41) is 0. The zero-order valence-electron chi connectivity index (χ0n) is 17.1. The van der Waals surface area contributed by atoms with Crippen LogP contribution in [0.25, 0.3) is 0 Å². The molecule has 9 heteroatoms. The van der Waals surface area contributed by atoms with Crippen LogP contribution in [0.3, 0.4) is 0 Å². The predicted octanol–water partition coefficient (Wildman–Crippen LogP) is 7.60. The minimum atomic E-state index is -5.18. The second-order valence-corrected chi connectivity index (χ2v) is 9.22. The first-order chi connectivity index (χ1) is 14.3. The summed E-state index contributed by atoms with van der Waals surface area (Å²) in [4.78, 5) is 26.5. The zero-order valence-corrected chi connectivity index (χ0v) is 18.0. The molecule has 0 aliphatic heterocycles. The van der Waals surface area contributed by atoms with E-state index in [4.69, 9.17) is 0 Å². The summed E-state index contributed by atoms with van der Waals surface area (Å²) in [5.74, 6) is 0. The normalized spacial score (nSPS) is 13.2. The third-order valence-electron chi connectivity index (χ3n) is 4.81. The van der Waals surface area contributed by atoms with Crippen molar-refractivity contribution in [1.82, 2.24) is 0 Å². The van der Waals surface area contributed by atoms with Crippen LogP contribution in [0.1, 0.15) is 62.7 Å². The minimum absolute atomic E-state index is 0.0826. The summed E-state index contributed by atoms with van der Waals surface area (Å²) in [5.41, 5.74) is -5.70. The molecule has 168 valence electrons. The van der Waals surface area contributed by atoms with Crippen LogP contribution in [0.4, 0.5) is 26.3 Å². The van der Waals surface area contributed by atoms with Crippen LogP contribution in [-0.4, -0.2) is 17.2 Å². The van der Waals surface area contributed by atoms with Gasteiger partial charge in [0.25, 0.3) is 0 Å². The van der Waals surface area contributed by atoms with E-state index in [0.717, 1.165) is 0 Å². The summed E-state index contributed by atoms with van der Waals surface area (Å²) >= 11 is 0. The first kappa shape index (κ1) is 25.1. The van der Waals surface area contributed by atoms with Gasteiger partial charge < -0.3 is 0 Å². The number of carbonyl (C=O) groups excluding carboxylic acids is 2. The fourth-order valence-electron chi connectivity index (χ4n) is 3.29. The Morgan fingerprint density at radius 2 is 1.19 bits per heavy atom. The maximum atomic E-state index is 13.5. The lowest BCUT2D eigenvalue weighted by atomic mass is 10.0. The Labute approximate surface area is 177 Å². The van der Waals surface area contributed by atoms with Crippen LogP contribution < -0.4 is 0 Å². The lowest BCUT2D eigenvalue weighted by molar-refractivity contribution is -0.143. The molecule has 0 saturated carbocycles. The highest BCUT2D eigenvalue weighted by Gasteiger charge is 2.45. The van der Waals surface area contributed by atoms with Gasteiger partial charge in [-0.2, -0.15) is 26.3 Å². The van der Waals surface area contributed by atoms with Crippen molar-refractivity contribution in [1.29, 1.82) is 0 Å². The molecule has 0 fully saturated rings. The molecular formula is C22H21F6O2P. The Hall–Kier alpha value is -2.21. The molecule has 0 amide bonds. The number of unbranched alkanes of at least 4 members (excludes halogenated alkanes) is 1. The third kappa shape index (κ3) is 5.53. The van der Waals surface area contributed by atoms with E-state index in [1.807, 2.05) is 0 Å². The molecule has 0 saturated heterocycles. The van der Waals surface area contributed by atoms with E-state index in [1.165, 1.54) is 0 Å². The highest BCUT2D eigenvalue weighted by Crippen LogP contribution is 2.50. The molecule has 0 radical (unpaired) electrons. The molecule has 1 unspecified atom stereocenters. The average molecular weight is 462 g/mol. The standard InChI is InChI=1S/C22H21F6O2P/c1-4-5-12-31(19(29)17-13(2)8-6-9-14(17)3)20(30)18-15(21(23,24)25)10-7-11-16(18)22(26,27)28/h6-11H,4-5,12H2,1-3H3. The average Bonchev–Trinajstić information content (AvgIpc) is 2.66. The number of hydrogen-bond acceptors (Lipinski definition) is 2. The van der Waals surface area contributed by atoms with Gasteiger partial charge in [0.05, 0.1) is 11.1 Å².